The maximum absolute atomic E-state index is 12.9. The number of carbonyl (C=O) groups is 2. The van der Waals surface area contributed by atoms with Gasteiger partial charge in [0, 0.05) is 16.1 Å². The van der Waals surface area contributed by atoms with E-state index in [0.717, 1.165) is 40.2 Å². The van der Waals surface area contributed by atoms with E-state index in [0.29, 0.717) is 10.7 Å². The number of nitrogens with zero attached hydrogens (tertiary/aromatic N) is 1. The minimum Gasteiger partial charge on any atom is -0.325 e. The molecule has 1 heterocycles. The van der Waals surface area contributed by atoms with Gasteiger partial charge in [-0.15, -0.1) is 11.3 Å². The molecular formula is C22H21N3O2S. The van der Waals surface area contributed by atoms with Gasteiger partial charge in [-0.05, 0) is 56.0 Å². The normalized spacial score (nSPS) is 15.1. The molecule has 1 unspecified atom stereocenters. The Hall–Kier alpha value is -2.99. The summed E-state index contributed by atoms with van der Waals surface area (Å²) >= 11 is 1.45. The third kappa shape index (κ3) is 3.55. The first kappa shape index (κ1) is 18.4. The number of rotatable bonds is 4. The van der Waals surface area contributed by atoms with Gasteiger partial charge < -0.3 is 5.32 Å². The van der Waals surface area contributed by atoms with Crippen LogP contribution >= 0.6 is 11.3 Å². The van der Waals surface area contributed by atoms with Gasteiger partial charge in [-0.1, -0.05) is 30.3 Å². The molecule has 0 spiro atoms. The Balaban J connectivity index is 1.49. The highest BCUT2D eigenvalue weighted by Crippen LogP contribution is 2.39. The number of anilines is 2. The molecule has 0 aliphatic heterocycles. The zero-order valence-corrected chi connectivity index (χ0v) is 16.6. The first-order chi connectivity index (χ1) is 13.5. The number of aromatic nitrogens is 1. The molecule has 1 aliphatic carbocycles. The van der Waals surface area contributed by atoms with Crippen molar-refractivity contribution in [2.45, 2.75) is 32.6 Å². The topological polar surface area (TPSA) is 71.1 Å². The van der Waals surface area contributed by atoms with Gasteiger partial charge in [0.25, 0.3) is 5.91 Å². The highest BCUT2D eigenvalue weighted by Gasteiger charge is 2.33. The van der Waals surface area contributed by atoms with Gasteiger partial charge in [0.1, 0.15) is 0 Å². The number of amides is 2. The summed E-state index contributed by atoms with van der Waals surface area (Å²) in [6.45, 7) is 4.03. The summed E-state index contributed by atoms with van der Waals surface area (Å²) in [6, 6.07) is 14.9. The molecule has 0 radical (unpaired) electrons. The van der Waals surface area contributed by atoms with Crippen molar-refractivity contribution >= 4 is 34.0 Å². The van der Waals surface area contributed by atoms with Crippen LogP contribution in [-0.2, 0) is 11.2 Å². The number of benzene rings is 2. The lowest BCUT2D eigenvalue weighted by Gasteiger charge is -2.14. The van der Waals surface area contributed by atoms with Gasteiger partial charge in [0.15, 0.2) is 5.13 Å². The van der Waals surface area contributed by atoms with E-state index in [-0.39, 0.29) is 17.7 Å². The molecule has 1 atom stereocenters. The number of hydrogen-bond acceptors (Lipinski definition) is 4. The Labute approximate surface area is 167 Å². The Morgan fingerprint density at radius 3 is 2.61 bits per heavy atom. The van der Waals surface area contributed by atoms with Gasteiger partial charge in [-0.2, -0.15) is 0 Å². The molecule has 28 heavy (non-hydrogen) atoms. The van der Waals surface area contributed by atoms with Gasteiger partial charge in [-0.25, -0.2) is 4.98 Å². The van der Waals surface area contributed by atoms with Crippen molar-refractivity contribution in [3.05, 3.63) is 75.8 Å². The van der Waals surface area contributed by atoms with Crippen molar-refractivity contribution in [1.82, 2.24) is 4.98 Å². The van der Waals surface area contributed by atoms with E-state index in [9.17, 15) is 9.59 Å². The van der Waals surface area contributed by atoms with Gasteiger partial charge >= 0.3 is 0 Å². The molecule has 0 saturated carbocycles. The lowest BCUT2D eigenvalue weighted by molar-refractivity contribution is -0.117. The van der Waals surface area contributed by atoms with E-state index in [4.69, 9.17) is 0 Å². The van der Waals surface area contributed by atoms with Crippen molar-refractivity contribution in [3.63, 3.8) is 0 Å². The molecular weight excluding hydrogens is 370 g/mol. The molecule has 0 bridgehead atoms. The summed E-state index contributed by atoms with van der Waals surface area (Å²) in [6.07, 6.45) is 1.55. The van der Waals surface area contributed by atoms with Crippen LogP contribution in [0.4, 0.5) is 10.8 Å². The first-order valence-corrected chi connectivity index (χ1v) is 10.1. The maximum Gasteiger partial charge on any atom is 0.257 e. The summed E-state index contributed by atoms with van der Waals surface area (Å²) in [4.78, 5) is 30.8. The molecule has 6 heteroatoms. The molecule has 1 aliphatic rings. The fourth-order valence-electron chi connectivity index (χ4n) is 3.40. The average molecular weight is 391 g/mol. The van der Waals surface area contributed by atoms with Crippen molar-refractivity contribution in [3.8, 4) is 0 Å². The SMILES string of the molecule is Cc1cccc(NC(=O)C2CCc3sc(NC(=O)c4ccccc4)nc32)c1C. The standard InChI is InChI=1S/C22H21N3O2S/c1-13-7-6-10-17(14(13)2)23-21(27)16-11-12-18-19(16)24-22(28-18)25-20(26)15-8-4-3-5-9-15/h3-10,16H,11-12H2,1-2H3,(H,23,27)(H,24,25,26). The minimum atomic E-state index is -0.284. The molecule has 5 nitrogen and oxygen atoms in total. The van der Waals surface area contributed by atoms with Gasteiger partial charge in [0.2, 0.25) is 5.91 Å². The van der Waals surface area contributed by atoms with Gasteiger partial charge in [-0.3, -0.25) is 14.9 Å². The Kier molecular flexibility index (Phi) is 4.96. The molecule has 2 amide bonds. The molecule has 3 aromatic rings. The van der Waals surface area contributed by atoms with E-state index in [2.05, 4.69) is 15.6 Å². The van der Waals surface area contributed by atoms with Crippen molar-refractivity contribution < 1.29 is 9.59 Å². The second-order valence-electron chi connectivity index (χ2n) is 6.98. The van der Waals surface area contributed by atoms with Gasteiger partial charge in [0.05, 0.1) is 11.6 Å². The third-order valence-electron chi connectivity index (χ3n) is 5.15. The van der Waals surface area contributed by atoms with Crippen LogP contribution in [0.1, 0.15) is 44.4 Å². The predicted molar refractivity (Wildman–Crippen MR) is 112 cm³/mol. The largest absolute Gasteiger partial charge is 0.325 e. The van der Waals surface area contributed by atoms with E-state index in [1.54, 1.807) is 12.1 Å². The van der Waals surface area contributed by atoms with Crippen LogP contribution in [0, 0.1) is 13.8 Å². The quantitative estimate of drug-likeness (QED) is 0.678. The third-order valence-corrected chi connectivity index (χ3v) is 6.20. The van der Waals surface area contributed by atoms with Crippen molar-refractivity contribution in [2.24, 2.45) is 0 Å². The first-order valence-electron chi connectivity index (χ1n) is 9.26. The fourth-order valence-corrected chi connectivity index (χ4v) is 4.43. The molecule has 2 N–H and O–H groups in total. The average Bonchev–Trinajstić information content (AvgIpc) is 3.26. The maximum atomic E-state index is 12.9. The van der Waals surface area contributed by atoms with Crippen LogP contribution in [0.5, 0.6) is 0 Å². The van der Waals surface area contributed by atoms with E-state index >= 15 is 0 Å². The summed E-state index contributed by atoms with van der Waals surface area (Å²) in [5, 5.41) is 6.44. The molecule has 4 rings (SSSR count). The zero-order chi connectivity index (χ0) is 19.7. The smallest absolute Gasteiger partial charge is 0.257 e. The van der Waals surface area contributed by atoms with Crippen LogP contribution in [-0.4, -0.2) is 16.8 Å². The second kappa shape index (κ2) is 7.56. The predicted octanol–water partition coefficient (Wildman–Crippen LogP) is 4.68. The van der Waals surface area contributed by atoms with E-state index in [1.165, 1.54) is 11.3 Å². The fraction of sp³-hybridized carbons (Fsp3) is 0.227. The van der Waals surface area contributed by atoms with Crippen LogP contribution in [0.15, 0.2) is 48.5 Å². The van der Waals surface area contributed by atoms with Crippen molar-refractivity contribution in [2.75, 3.05) is 10.6 Å². The summed E-state index contributed by atoms with van der Waals surface area (Å²) in [5.41, 5.74) is 4.43. The summed E-state index contributed by atoms with van der Waals surface area (Å²) < 4.78 is 0. The number of thiazole rings is 1. The minimum absolute atomic E-state index is 0.0429. The highest BCUT2D eigenvalue weighted by molar-refractivity contribution is 7.16. The van der Waals surface area contributed by atoms with E-state index in [1.807, 2.05) is 50.2 Å². The number of nitrogens with one attached hydrogen (secondary N) is 2. The molecule has 2 aromatic carbocycles. The number of carbonyl (C=O) groups excluding carboxylic acids is 2. The molecule has 1 aromatic heterocycles. The Bertz CT molecular complexity index is 1040. The number of fused-ring (bicyclic) bond motifs is 1. The summed E-state index contributed by atoms with van der Waals surface area (Å²) in [5.74, 6) is -0.517. The summed E-state index contributed by atoms with van der Waals surface area (Å²) in [7, 11) is 0. The highest BCUT2D eigenvalue weighted by atomic mass is 32.1. The van der Waals surface area contributed by atoms with Crippen LogP contribution in [0.3, 0.4) is 0 Å². The Morgan fingerprint density at radius 1 is 1.04 bits per heavy atom. The van der Waals surface area contributed by atoms with Crippen LogP contribution < -0.4 is 10.6 Å². The lowest BCUT2D eigenvalue weighted by atomic mass is 10.0. The number of hydrogen-bond donors (Lipinski definition) is 2. The van der Waals surface area contributed by atoms with Crippen LogP contribution in [0.2, 0.25) is 0 Å². The van der Waals surface area contributed by atoms with E-state index < -0.39 is 0 Å². The molecule has 0 saturated heterocycles. The molecule has 0 fully saturated rings. The molecule has 142 valence electrons. The van der Waals surface area contributed by atoms with Crippen LogP contribution in [0.25, 0.3) is 0 Å². The van der Waals surface area contributed by atoms with Crippen molar-refractivity contribution in [1.29, 1.82) is 0 Å². The monoisotopic (exact) mass is 391 g/mol. The lowest BCUT2D eigenvalue weighted by Crippen LogP contribution is -2.20. The second-order valence-corrected chi connectivity index (χ2v) is 8.06. The zero-order valence-electron chi connectivity index (χ0n) is 15.8. The Morgan fingerprint density at radius 2 is 1.82 bits per heavy atom. The number of aryl methyl sites for hydroxylation is 2.